The fourth-order valence-electron chi connectivity index (χ4n) is 12.5. The largest absolute Gasteiger partial charge is 0.310 e. The second-order valence-electron chi connectivity index (χ2n) is 27.2. The number of benzene rings is 12. The van der Waals surface area contributed by atoms with E-state index in [-0.39, 0.29) is 21.7 Å². The number of anilines is 3. The predicted octanol–water partition coefficient (Wildman–Crippen LogP) is 23.0. The van der Waals surface area contributed by atoms with E-state index in [0.29, 0.717) is 0 Å². The van der Waals surface area contributed by atoms with Crippen LogP contribution in [0.2, 0.25) is 0 Å². The minimum atomic E-state index is 0.0149. The summed E-state index contributed by atoms with van der Waals surface area (Å²) < 4.78 is 2.47. The van der Waals surface area contributed by atoms with Crippen LogP contribution in [0.1, 0.15) is 105 Å². The van der Waals surface area contributed by atoms with Crippen LogP contribution in [0.3, 0.4) is 0 Å². The number of aromatic nitrogens is 1. The van der Waals surface area contributed by atoms with Crippen molar-refractivity contribution in [2.45, 2.75) is 105 Å². The van der Waals surface area contributed by atoms with E-state index in [0.717, 1.165) is 28.2 Å². The van der Waals surface area contributed by atoms with Crippen LogP contribution in [-0.2, 0) is 21.7 Å². The van der Waals surface area contributed by atoms with Crippen molar-refractivity contribution in [1.29, 1.82) is 0 Å². The van der Waals surface area contributed by atoms with Crippen LogP contribution < -0.4 is 4.90 Å². The fourth-order valence-corrected chi connectivity index (χ4v) is 12.5. The molecule has 0 saturated heterocycles. The summed E-state index contributed by atoms with van der Waals surface area (Å²) in [7, 11) is 0. The summed E-state index contributed by atoms with van der Waals surface area (Å²) in [5.41, 5.74) is 22.1. The van der Waals surface area contributed by atoms with Crippen molar-refractivity contribution in [3.8, 4) is 50.2 Å². The molecule has 0 spiro atoms. The van der Waals surface area contributed by atoms with Crippen molar-refractivity contribution in [1.82, 2.24) is 4.57 Å². The van der Waals surface area contributed by atoms with Gasteiger partial charge in [-0.1, -0.05) is 259 Å². The topological polar surface area (TPSA) is 8.17 Å². The zero-order valence-electron chi connectivity index (χ0n) is 49.8. The van der Waals surface area contributed by atoms with Crippen LogP contribution in [-0.4, -0.2) is 4.57 Å². The summed E-state index contributed by atoms with van der Waals surface area (Å²) >= 11 is 0. The van der Waals surface area contributed by atoms with Crippen molar-refractivity contribution in [2.24, 2.45) is 0 Å². The van der Waals surface area contributed by atoms with Crippen molar-refractivity contribution in [3.05, 3.63) is 253 Å². The molecule has 2 nitrogen and oxygen atoms in total. The van der Waals surface area contributed by atoms with Crippen molar-refractivity contribution < 1.29 is 0 Å². The van der Waals surface area contributed by atoms with E-state index in [9.17, 15) is 0 Å². The van der Waals surface area contributed by atoms with Gasteiger partial charge in [0.2, 0.25) is 0 Å². The fraction of sp³-hybridized carbons (Fsp3) is 0.200. The highest BCUT2D eigenvalue weighted by Crippen LogP contribution is 2.48. The van der Waals surface area contributed by atoms with Gasteiger partial charge in [-0.25, -0.2) is 0 Å². The molecule has 0 aliphatic carbocycles. The Hall–Kier alpha value is -8.72. The molecular weight excluding hydrogens is 989 g/mol. The third kappa shape index (κ3) is 9.42. The lowest BCUT2D eigenvalue weighted by atomic mass is 9.79. The lowest BCUT2D eigenvalue weighted by molar-refractivity contribution is 0.568. The molecule has 2 heteroatoms. The molecule has 0 saturated carbocycles. The summed E-state index contributed by atoms with van der Waals surface area (Å²) in [6, 6.07) is 87.5. The molecule has 13 aromatic rings. The van der Waals surface area contributed by atoms with Crippen LogP contribution in [0, 0.1) is 0 Å². The Morgan fingerprint density at radius 2 is 0.646 bits per heavy atom. The highest BCUT2D eigenvalue weighted by molar-refractivity contribution is 6.27. The van der Waals surface area contributed by atoms with Crippen LogP contribution in [0.25, 0.3) is 104 Å². The Balaban J connectivity index is 0.977. The Bertz CT molecular complexity index is 4470. The molecule has 0 unspecified atom stereocenters. The number of para-hydroxylation sites is 2. The molecule has 404 valence electrons. The van der Waals surface area contributed by atoms with Crippen LogP contribution in [0.4, 0.5) is 17.1 Å². The van der Waals surface area contributed by atoms with E-state index in [1.165, 1.54) is 115 Å². The second kappa shape index (κ2) is 19.5. The lowest BCUT2D eigenvalue weighted by Crippen LogP contribution is -2.16. The lowest BCUT2D eigenvalue weighted by Gasteiger charge is -2.29. The van der Waals surface area contributed by atoms with Gasteiger partial charge in [-0.15, -0.1) is 0 Å². The number of rotatable bonds is 8. The normalized spacial score (nSPS) is 12.6. The summed E-state index contributed by atoms with van der Waals surface area (Å²) in [6.45, 7) is 27.8. The van der Waals surface area contributed by atoms with Gasteiger partial charge in [-0.3, -0.25) is 0 Å². The van der Waals surface area contributed by atoms with Crippen LogP contribution in [0.15, 0.2) is 231 Å². The molecule has 0 N–H and O–H groups in total. The van der Waals surface area contributed by atoms with Gasteiger partial charge >= 0.3 is 0 Å². The standard InChI is InChI=1S/C80H74N2/c1-77(2,3)61-43-59(44-62(49-61)78(4,5)6)52-32-30-51(31-33-52)57-22-18-24-65(47-57)81(66-25-19-23-58(48-66)55-20-17-21-56(42-55)60-45-63(79(7,8)9)50-64(46-60)80(10,11)12)73-40-36-53-35-39-70-74(41-37-54-34-38-69(73)75(53)76(54)70)82-71-28-15-13-26-67(71)68-27-14-16-29-72(68)82/h13-50H,1-12H3. The van der Waals surface area contributed by atoms with Gasteiger partial charge in [-0.05, 0) is 165 Å². The molecule has 0 fully saturated rings. The molecule has 1 heterocycles. The van der Waals surface area contributed by atoms with E-state index >= 15 is 0 Å². The first-order valence-corrected chi connectivity index (χ1v) is 29.4. The summed E-state index contributed by atoms with van der Waals surface area (Å²) in [4.78, 5) is 2.50. The van der Waals surface area contributed by atoms with E-state index in [4.69, 9.17) is 0 Å². The molecule has 0 radical (unpaired) electrons. The molecule has 12 aromatic carbocycles. The Labute approximate surface area is 485 Å². The molecule has 0 amide bonds. The van der Waals surface area contributed by atoms with Crippen molar-refractivity contribution in [2.75, 3.05) is 4.90 Å². The van der Waals surface area contributed by atoms with Gasteiger partial charge in [-0.2, -0.15) is 0 Å². The molecule has 0 aliphatic rings. The molecule has 82 heavy (non-hydrogen) atoms. The number of fused-ring (bicyclic) bond motifs is 3. The maximum atomic E-state index is 2.50. The first kappa shape index (κ1) is 52.6. The third-order valence-corrected chi connectivity index (χ3v) is 17.3. The minimum absolute atomic E-state index is 0.0149. The zero-order chi connectivity index (χ0) is 57.0. The van der Waals surface area contributed by atoms with Gasteiger partial charge in [0, 0.05) is 32.9 Å². The molecule has 13 rings (SSSR count). The quantitative estimate of drug-likeness (QED) is 0.138. The summed E-state index contributed by atoms with van der Waals surface area (Å²) in [5, 5.41) is 9.98. The summed E-state index contributed by atoms with van der Waals surface area (Å²) in [6.07, 6.45) is 0. The van der Waals surface area contributed by atoms with Crippen LogP contribution in [0.5, 0.6) is 0 Å². The van der Waals surface area contributed by atoms with E-state index < -0.39 is 0 Å². The Morgan fingerprint density at radius 3 is 1.15 bits per heavy atom. The van der Waals surface area contributed by atoms with Gasteiger partial charge in [0.25, 0.3) is 0 Å². The first-order valence-electron chi connectivity index (χ1n) is 29.4. The third-order valence-electron chi connectivity index (χ3n) is 17.3. The zero-order valence-corrected chi connectivity index (χ0v) is 49.8. The average molecular weight is 1060 g/mol. The van der Waals surface area contributed by atoms with E-state index in [1.807, 2.05) is 0 Å². The van der Waals surface area contributed by atoms with Gasteiger partial charge in [0.05, 0.1) is 22.4 Å². The van der Waals surface area contributed by atoms with Crippen molar-refractivity contribution >= 4 is 71.2 Å². The highest BCUT2D eigenvalue weighted by atomic mass is 15.1. The van der Waals surface area contributed by atoms with E-state index in [2.05, 4.69) is 323 Å². The number of hydrogen-bond donors (Lipinski definition) is 0. The predicted molar refractivity (Wildman–Crippen MR) is 356 cm³/mol. The Morgan fingerprint density at radius 1 is 0.268 bits per heavy atom. The van der Waals surface area contributed by atoms with Gasteiger partial charge in [0.1, 0.15) is 0 Å². The molecule has 1 aromatic heterocycles. The van der Waals surface area contributed by atoms with E-state index in [1.54, 1.807) is 0 Å². The SMILES string of the molecule is CC(C)(C)c1cc(-c2ccc(-c3cccc(N(c4cccc(-c5cccc(-c6cc(C(C)(C)C)cc(C(C)(C)C)c6)c5)c4)c4ccc5ccc6c(-n7c8ccccc8c8ccccc87)ccc7ccc4c5c76)c3)cc2)cc(C(C)(C)C)c1. The maximum absolute atomic E-state index is 2.50. The summed E-state index contributed by atoms with van der Waals surface area (Å²) in [5.74, 6) is 0. The number of nitrogens with zero attached hydrogens (tertiary/aromatic N) is 2. The maximum Gasteiger partial charge on any atom is 0.0541 e. The smallest absolute Gasteiger partial charge is 0.0541 e. The van der Waals surface area contributed by atoms with Gasteiger partial charge in [0.15, 0.2) is 0 Å². The first-order chi connectivity index (χ1) is 39.2. The second-order valence-corrected chi connectivity index (χ2v) is 27.2. The highest BCUT2D eigenvalue weighted by Gasteiger charge is 2.25. The molecule has 0 bridgehead atoms. The molecule has 0 aliphatic heterocycles. The Kier molecular flexibility index (Phi) is 12.5. The minimum Gasteiger partial charge on any atom is -0.310 e. The monoisotopic (exact) mass is 1060 g/mol. The molecular formula is C80H74N2. The van der Waals surface area contributed by atoms with Crippen LogP contribution >= 0.6 is 0 Å². The average Bonchev–Trinajstić information content (AvgIpc) is 1.99. The molecule has 0 atom stereocenters. The van der Waals surface area contributed by atoms with Gasteiger partial charge < -0.3 is 9.47 Å². The van der Waals surface area contributed by atoms with Crippen molar-refractivity contribution in [3.63, 3.8) is 0 Å². The number of hydrogen-bond acceptors (Lipinski definition) is 1.